The Labute approximate surface area is 181 Å². The van der Waals surface area contributed by atoms with E-state index >= 15 is 0 Å². The Morgan fingerprint density at radius 2 is 1.29 bits per heavy atom. The van der Waals surface area contributed by atoms with Gasteiger partial charge in [0, 0.05) is 22.5 Å². The number of carbonyl (C=O) groups excluding carboxylic acids is 3. The van der Waals surface area contributed by atoms with Gasteiger partial charge in [-0.25, -0.2) is 0 Å². The van der Waals surface area contributed by atoms with Crippen LogP contribution in [0.5, 0.6) is 0 Å². The highest BCUT2D eigenvalue weighted by Gasteiger charge is 2.12. The molecule has 0 atom stereocenters. The standard InChI is InChI=1S/C25H25N3O3/c1-16-13-17(2)23(18(3)14-16)28-22(29)15-26-24(30)20-9-11-21(12-10-20)27-25(31)19-7-5-4-6-8-19/h4-14H,15H2,1-3H3,(H,26,30)(H,27,31)(H,28,29). The summed E-state index contributed by atoms with van der Waals surface area (Å²) in [6.07, 6.45) is 0. The number of aryl methyl sites for hydroxylation is 3. The van der Waals surface area contributed by atoms with E-state index in [0.29, 0.717) is 16.8 Å². The smallest absolute Gasteiger partial charge is 0.255 e. The number of hydrogen-bond donors (Lipinski definition) is 3. The van der Waals surface area contributed by atoms with Crippen LogP contribution in [0.25, 0.3) is 0 Å². The SMILES string of the molecule is Cc1cc(C)c(NC(=O)CNC(=O)c2ccc(NC(=O)c3ccccc3)cc2)c(C)c1. The highest BCUT2D eigenvalue weighted by molar-refractivity contribution is 6.04. The topological polar surface area (TPSA) is 87.3 Å². The third kappa shape index (κ3) is 5.79. The van der Waals surface area contributed by atoms with Gasteiger partial charge in [-0.15, -0.1) is 0 Å². The molecule has 0 unspecified atom stereocenters. The quantitative estimate of drug-likeness (QED) is 0.563. The molecule has 0 radical (unpaired) electrons. The fourth-order valence-corrected chi connectivity index (χ4v) is 3.32. The number of benzene rings is 3. The van der Waals surface area contributed by atoms with Crippen molar-refractivity contribution in [1.82, 2.24) is 5.32 Å². The van der Waals surface area contributed by atoms with Gasteiger partial charge in [0.2, 0.25) is 5.91 Å². The molecule has 0 aliphatic rings. The summed E-state index contributed by atoms with van der Waals surface area (Å²) in [4.78, 5) is 36.8. The summed E-state index contributed by atoms with van der Waals surface area (Å²) in [5.74, 6) is -0.889. The molecule has 0 bridgehead atoms. The lowest BCUT2D eigenvalue weighted by Crippen LogP contribution is -2.33. The molecule has 158 valence electrons. The lowest BCUT2D eigenvalue weighted by molar-refractivity contribution is -0.115. The Bertz CT molecular complexity index is 1080. The molecule has 3 N–H and O–H groups in total. The molecule has 3 amide bonds. The third-order valence-electron chi connectivity index (χ3n) is 4.79. The number of carbonyl (C=O) groups is 3. The molecule has 0 saturated heterocycles. The van der Waals surface area contributed by atoms with Crippen LogP contribution >= 0.6 is 0 Å². The second-order valence-electron chi connectivity index (χ2n) is 7.40. The van der Waals surface area contributed by atoms with Crippen molar-refractivity contribution in [2.75, 3.05) is 17.2 Å². The molecule has 3 aromatic rings. The van der Waals surface area contributed by atoms with Crippen LogP contribution in [0.1, 0.15) is 37.4 Å². The van der Waals surface area contributed by atoms with Crippen molar-refractivity contribution in [2.45, 2.75) is 20.8 Å². The lowest BCUT2D eigenvalue weighted by atomic mass is 10.1. The van der Waals surface area contributed by atoms with Crippen molar-refractivity contribution < 1.29 is 14.4 Å². The van der Waals surface area contributed by atoms with Crippen molar-refractivity contribution >= 4 is 29.1 Å². The molecular formula is C25H25N3O3. The van der Waals surface area contributed by atoms with Gasteiger partial charge < -0.3 is 16.0 Å². The van der Waals surface area contributed by atoms with E-state index in [1.807, 2.05) is 39.0 Å². The number of rotatable bonds is 6. The Morgan fingerprint density at radius 3 is 1.90 bits per heavy atom. The molecule has 6 nitrogen and oxygen atoms in total. The second-order valence-corrected chi connectivity index (χ2v) is 7.40. The first kappa shape index (κ1) is 21.8. The summed E-state index contributed by atoms with van der Waals surface area (Å²) in [5.41, 5.74) is 5.37. The van der Waals surface area contributed by atoms with Gasteiger partial charge in [-0.3, -0.25) is 14.4 Å². The molecule has 3 aromatic carbocycles. The summed E-state index contributed by atoms with van der Waals surface area (Å²) in [6, 6.07) is 19.4. The minimum atomic E-state index is -0.367. The molecule has 3 rings (SSSR count). The van der Waals surface area contributed by atoms with E-state index < -0.39 is 0 Å². The molecule has 0 spiro atoms. The van der Waals surface area contributed by atoms with E-state index in [1.165, 1.54) is 0 Å². The third-order valence-corrected chi connectivity index (χ3v) is 4.79. The summed E-state index contributed by atoms with van der Waals surface area (Å²) in [5, 5.41) is 8.26. The van der Waals surface area contributed by atoms with Gasteiger partial charge in [0.05, 0.1) is 6.54 Å². The summed E-state index contributed by atoms with van der Waals surface area (Å²) >= 11 is 0. The van der Waals surface area contributed by atoms with Gasteiger partial charge in [0.15, 0.2) is 0 Å². The van der Waals surface area contributed by atoms with Gasteiger partial charge in [-0.1, -0.05) is 35.9 Å². The van der Waals surface area contributed by atoms with E-state index in [9.17, 15) is 14.4 Å². The van der Waals surface area contributed by atoms with E-state index in [0.717, 1.165) is 22.4 Å². The fraction of sp³-hybridized carbons (Fsp3) is 0.160. The Morgan fingerprint density at radius 1 is 0.710 bits per heavy atom. The largest absolute Gasteiger partial charge is 0.343 e. The molecule has 0 saturated carbocycles. The predicted octanol–water partition coefficient (Wildman–Crippen LogP) is 4.23. The zero-order valence-electron chi connectivity index (χ0n) is 17.8. The van der Waals surface area contributed by atoms with E-state index in [-0.39, 0.29) is 24.3 Å². The second kappa shape index (κ2) is 9.71. The first-order chi connectivity index (χ1) is 14.8. The van der Waals surface area contributed by atoms with Crippen molar-refractivity contribution in [3.05, 3.63) is 94.5 Å². The maximum Gasteiger partial charge on any atom is 0.255 e. The average molecular weight is 415 g/mol. The maximum atomic E-state index is 12.4. The van der Waals surface area contributed by atoms with Gasteiger partial charge in [0.1, 0.15) is 0 Å². The number of hydrogen-bond acceptors (Lipinski definition) is 3. The van der Waals surface area contributed by atoms with Crippen molar-refractivity contribution in [3.8, 4) is 0 Å². The van der Waals surface area contributed by atoms with Crippen LogP contribution in [0.15, 0.2) is 66.7 Å². The monoisotopic (exact) mass is 415 g/mol. The maximum absolute atomic E-state index is 12.4. The molecule has 0 heterocycles. The summed E-state index contributed by atoms with van der Waals surface area (Å²) in [6.45, 7) is 5.74. The van der Waals surface area contributed by atoms with Crippen LogP contribution in [0, 0.1) is 20.8 Å². The molecule has 0 aliphatic carbocycles. The Balaban J connectivity index is 1.54. The lowest BCUT2D eigenvalue weighted by Gasteiger charge is -2.13. The van der Waals surface area contributed by atoms with Crippen LogP contribution in [0.2, 0.25) is 0 Å². The first-order valence-corrected chi connectivity index (χ1v) is 9.96. The average Bonchev–Trinajstić information content (AvgIpc) is 2.75. The molecule has 0 fully saturated rings. The van der Waals surface area contributed by atoms with Crippen LogP contribution in [0.4, 0.5) is 11.4 Å². The molecule has 0 aromatic heterocycles. The number of amides is 3. The molecule has 0 aliphatic heterocycles. The molecular weight excluding hydrogens is 390 g/mol. The van der Waals surface area contributed by atoms with Gasteiger partial charge in [0.25, 0.3) is 11.8 Å². The normalized spacial score (nSPS) is 10.3. The van der Waals surface area contributed by atoms with Gasteiger partial charge in [-0.2, -0.15) is 0 Å². The minimum absolute atomic E-state index is 0.141. The number of anilines is 2. The predicted molar refractivity (Wildman–Crippen MR) is 122 cm³/mol. The van der Waals surface area contributed by atoms with E-state index in [2.05, 4.69) is 16.0 Å². The van der Waals surface area contributed by atoms with Crippen LogP contribution < -0.4 is 16.0 Å². The van der Waals surface area contributed by atoms with Crippen LogP contribution in [-0.4, -0.2) is 24.3 Å². The first-order valence-electron chi connectivity index (χ1n) is 9.96. The summed E-state index contributed by atoms with van der Waals surface area (Å²) in [7, 11) is 0. The van der Waals surface area contributed by atoms with E-state index in [4.69, 9.17) is 0 Å². The highest BCUT2D eigenvalue weighted by Crippen LogP contribution is 2.21. The van der Waals surface area contributed by atoms with Crippen molar-refractivity contribution in [1.29, 1.82) is 0 Å². The molecule has 6 heteroatoms. The number of nitrogens with one attached hydrogen (secondary N) is 3. The Hall–Kier alpha value is -3.93. The van der Waals surface area contributed by atoms with Crippen LogP contribution in [0.3, 0.4) is 0 Å². The minimum Gasteiger partial charge on any atom is -0.343 e. The van der Waals surface area contributed by atoms with E-state index in [1.54, 1.807) is 48.5 Å². The Kier molecular flexibility index (Phi) is 6.82. The van der Waals surface area contributed by atoms with Gasteiger partial charge in [-0.05, 0) is 68.3 Å². The highest BCUT2D eigenvalue weighted by atomic mass is 16.2. The van der Waals surface area contributed by atoms with Crippen LogP contribution in [-0.2, 0) is 4.79 Å². The van der Waals surface area contributed by atoms with Crippen molar-refractivity contribution in [3.63, 3.8) is 0 Å². The van der Waals surface area contributed by atoms with Gasteiger partial charge >= 0.3 is 0 Å². The molecule has 31 heavy (non-hydrogen) atoms. The zero-order chi connectivity index (χ0) is 22.4. The van der Waals surface area contributed by atoms with Crippen molar-refractivity contribution in [2.24, 2.45) is 0 Å². The summed E-state index contributed by atoms with van der Waals surface area (Å²) < 4.78 is 0. The fourth-order valence-electron chi connectivity index (χ4n) is 3.32. The zero-order valence-corrected chi connectivity index (χ0v) is 17.8.